The first-order valence-corrected chi connectivity index (χ1v) is 9.72. The van der Waals surface area contributed by atoms with Gasteiger partial charge in [-0.1, -0.05) is 49.6 Å². The van der Waals surface area contributed by atoms with Crippen LogP contribution in [0.2, 0.25) is 0 Å². The summed E-state index contributed by atoms with van der Waals surface area (Å²) in [4.78, 5) is 13.1. The van der Waals surface area contributed by atoms with Crippen LogP contribution in [0.5, 0.6) is 0 Å². The minimum absolute atomic E-state index is 0.0535. The highest BCUT2D eigenvalue weighted by atomic mass is 16.6. The van der Waals surface area contributed by atoms with Gasteiger partial charge in [0.25, 0.3) is 0 Å². The lowest BCUT2D eigenvalue weighted by Gasteiger charge is -2.37. The number of likely N-dealkylation sites (N-methyl/N-ethyl adjacent to an activating group) is 1. The lowest BCUT2D eigenvalue weighted by molar-refractivity contribution is -0.902. The third-order valence-corrected chi connectivity index (χ3v) is 6.39. The Hall–Kier alpha value is -1.39. The summed E-state index contributed by atoms with van der Waals surface area (Å²) in [7, 11) is 4.38. The van der Waals surface area contributed by atoms with E-state index in [4.69, 9.17) is 4.74 Å². The van der Waals surface area contributed by atoms with Crippen LogP contribution in [0, 0.1) is 5.92 Å². The summed E-state index contributed by atoms with van der Waals surface area (Å²) >= 11 is 0. The molecule has 4 nitrogen and oxygen atoms in total. The largest absolute Gasteiger partial charge is 0.457 e. The van der Waals surface area contributed by atoms with Crippen LogP contribution in [0.25, 0.3) is 0 Å². The van der Waals surface area contributed by atoms with Crippen LogP contribution in [0.3, 0.4) is 0 Å². The van der Waals surface area contributed by atoms with Crippen molar-refractivity contribution in [2.75, 3.05) is 27.2 Å². The summed E-state index contributed by atoms with van der Waals surface area (Å²) in [6.45, 7) is 1.52. The predicted octanol–water partition coefficient (Wildman–Crippen LogP) is 3.24. The molecule has 2 fully saturated rings. The highest BCUT2D eigenvalue weighted by molar-refractivity contribution is 5.81. The molecular weight excluding hydrogens is 314 g/mol. The molecule has 0 unspecified atom stereocenters. The zero-order valence-corrected chi connectivity index (χ0v) is 15.6. The van der Waals surface area contributed by atoms with Gasteiger partial charge in [-0.15, -0.1) is 0 Å². The Morgan fingerprint density at radius 1 is 1.12 bits per heavy atom. The van der Waals surface area contributed by atoms with E-state index in [1.54, 1.807) is 0 Å². The molecule has 1 heterocycles. The number of esters is 1. The molecule has 1 N–H and O–H groups in total. The Morgan fingerprint density at radius 3 is 2.40 bits per heavy atom. The topological polar surface area (TPSA) is 46.5 Å². The summed E-state index contributed by atoms with van der Waals surface area (Å²) in [6, 6.07) is 9.71. The molecule has 1 aliphatic heterocycles. The summed E-state index contributed by atoms with van der Waals surface area (Å²) in [5.41, 5.74) is -0.843. The fraction of sp³-hybridized carbons (Fsp3) is 0.667. The minimum atomic E-state index is -1.52. The number of carbonyl (C=O) groups is 1. The van der Waals surface area contributed by atoms with E-state index in [1.807, 2.05) is 30.3 Å². The van der Waals surface area contributed by atoms with E-state index < -0.39 is 11.6 Å². The maximum atomic E-state index is 13.1. The van der Waals surface area contributed by atoms with Crippen molar-refractivity contribution >= 4 is 5.97 Å². The van der Waals surface area contributed by atoms with Crippen LogP contribution in [-0.2, 0) is 15.1 Å². The second kappa shape index (κ2) is 7.46. The molecule has 2 aliphatic rings. The molecule has 1 aromatic rings. The Labute approximate surface area is 151 Å². The number of rotatable bonds is 5. The van der Waals surface area contributed by atoms with Crippen molar-refractivity contribution in [2.24, 2.45) is 5.92 Å². The van der Waals surface area contributed by atoms with Gasteiger partial charge in [0.1, 0.15) is 12.6 Å². The number of benzene rings is 1. The Kier molecular flexibility index (Phi) is 5.49. The number of nitrogens with zero attached hydrogens (tertiary/aromatic N) is 1. The third-order valence-electron chi connectivity index (χ3n) is 6.39. The molecule has 0 bridgehead atoms. The average molecular weight is 346 g/mol. The predicted molar refractivity (Wildman–Crippen MR) is 97.9 cm³/mol. The molecule has 4 heteroatoms. The lowest BCUT2D eigenvalue weighted by Crippen LogP contribution is -2.49. The summed E-state index contributed by atoms with van der Waals surface area (Å²) in [5, 5.41) is 11.5. The van der Waals surface area contributed by atoms with Gasteiger partial charge in [-0.25, -0.2) is 4.79 Å². The Morgan fingerprint density at radius 2 is 1.80 bits per heavy atom. The zero-order valence-electron chi connectivity index (χ0n) is 15.6. The molecule has 2 atom stereocenters. The third kappa shape index (κ3) is 3.75. The van der Waals surface area contributed by atoms with Gasteiger partial charge in [-0.3, -0.25) is 0 Å². The quantitative estimate of drug-likeness (QED) is 0.658. The van der Waals surface area contributed by atoms with E-state index in [1.165, 1.54) is 12.8 Å². The van der Waals surface area contributed by atoms with E-state index in [2.05, 4.69) is 14.1 Å². The minimum Gasteiger partial charge on any atom is -0.457 e. The second-order valence-corrected chi connectivity index (χ2v) is 8.36. The first-order valence-electron chi connectivity index (χ1n) is 9.72. The molecule has 0 amide bonds. The van der Waals surface area contributed by atoms with E-state index in [-0.39, 0.29) is 5.92 Å². The van der Waals surface area contributed by atoms with Crippen LogP contribution >= 0.6 is 0 Å². The molecule has 0 aromatic heterocycles. The molecule has 138 valence electrons. The normalized spacial score (nSPS) is 26.1. The second-order valence-electron chi connectivity index (χ2n) is 8.36. The summed E-state index contributed by atoms with van der Waals surface area (Å²) < 4.78 is 6.62. The number of likely N-dealkylation sites (tertiary alicyclic amines) is 1. The molecular formula is C21H32NO3+. The van der Waals surface area contributed by atoms with Crippen molar-refractivity contribution in [3.8, 4) is 0 Å². The monoisotopic (exact) mass is 346 g/mol. The first-order chi connectivity index (χ1) is 11.9. The SMILES string of the molecule is C[N+]1(C)CCC[C@H]1COC(=O)[C@](O)(c1ccccc1)C1CCCCC1. The van der Waals surface area contributed by atoms with Crippen molar-refractivity contribution in [3.63, 3.8) is 0 Å². The van der Waals surface area contributed by atoms with Crippen molar-refractivity contribution in [3.05, 3.63) is 35.9 Å². The van der Waals surface area contributed by atoms with Crippen LogP contribution < -0.4 is 0 Å². The number of aliphatic hydroxyl groups is 1. The Bertz CT molecular complexity index is 580. The van der Waals surface area contributed by atoms with Crippen molar-refractivity contribution in [1.29, 1.82) is 0 Å². The number of ether oxygens (including phenoxy) is 1. The average Bonchev–Trinajstić information content (AvgIpc) is 2.98. The maximum Gasteiger partial charge on any atom is 0.343 e. The molecule has 1 saturated heterocycles. The number of hydrogen-bond acceptors (Lipinski definition) is 3. The van der Waals surface area contributed by atoms with Crippen LogP contribution in [0.4, 0.5) is 0 Å². The van der Waals surface area contributed by atoms with Gasteiger partial charge in [0.05, 0.1) is 20.6 Å². The zero-order chi connectivity index (χ0) is 17.9. The molecule has 0 radical (unpaired) electrons. The highest BCUT2D eigenvalue weighted by Gasteiger charge is 2.48. The van der Waals surface area contributed by atoms with Crippen molar-refractivity contribution < 1.29 is 19.1 Å². The number of quaternary nitrogens is 1. The van der Waals surface area contributed by atoms with Crippen LogP contribution in [-0.4, -0.2) is 48.8 Å². The fourth-order valence-electron chi connectivity index (χ4n) is 4.57. The fourth-order valence-corrected chi connectivity index (χ4v) is 4.57. The molecule has 1 aliphatic carbocycles. The first kappa shape index (κ1) is 18.4. The Balaban J connectivity index is 1.78. The van der Waals surface area contributed by atoms with Gasteiger partial charge in [-0.2, -0.15) is 0 Å². The number of carbonyl (C=O) groups excluding carboxylic acids is 1. The summed E-state index contributed by atoms with van der Waals surface area (Å²) in [5.74, 6) is -0.514. The van der Waals surface area contributed by atoms with Gasteiger partial charge in [0, 0.05) is 18.8 Å². The summed E-state index contributed by atoms with van der Waals surface area (Å²) in [6.07, 6.45) is 7.33. The number of hydrogen-bond donors (Lipinski definition) is 1. The molecule has 0 spiro atoms. The smallest absolute Gasteiger partial charge is 0.343 e. The van der Waals surface area contributed by atoms with Gasteiger partial charge in [-0.05, 0) is 18.4 Å². The standard InChI is InChI=1S/C21H32NO3/c1-22(2)15-9-14-19(22)16-25-20(23)21(24,17-10-5-3-6-11-17)18-12-7-4-8-13-18/h3,5-6,10-11,18-19,24H,4,7-9,12-16H2,1-2H3/q+1/t19-,21-/m0/s1. The van der Waals surface area contributed by atoms with E-state index >= 15 is 0 Å². The molecule has 25 heavy (non-hydrogen) atoms. The van der Waals surface area contributed by atoms with Gasteiger partial charge in [0.15, 0.2) is 5.60 Å². The van der Waals surface area contributed by atoms with E-state index in [9.17, 15) is 9.90 Å². The lowest BCUT2D eigenvalue weighted by atomic mass is 9.73. The van der Waals surface area contributed by atoms with Crippen molar-refractivity contribution in [1.82, 2.24) is 0 Å². The van der Waals surface area contributed by atoms with Crippen LogP contribution in [0.15, 0.2) is 30.3 Å². The van der Waals surface area contributed by atoms with Crippen molar-refractivity contribution in [2.45, 2.75) is 56.6 Å². The molecule has 1 saturated carbocycles. The van der Waals surface area contributed by atoms with E-state index in [0.29, 0.717) is 18.2 Å². The van der Waals surface area contributed by atoms with Gasteiger partial charge < -0.3 is 14.3 Å². The van der Waals surface area contributed by atoms with E-state index in [0.717, 1.165) is 43.1 Å². The molecule has 1 aromatic carbocycles. The van der Waals surface area contributed by atoms with Crippen LogP contribution in [0.1, 0.15) is 50.5 Å². The van der Waals surface area contributed by atoms with Gasteiger partial charge >= 0.3 is 5.97 Å². The molecule has 3 rings (SSSR count). The highest BCUT2D eigenvalue weighted by Crippen LogP contribution is 2.40. The maximum absolute atomic E-state index is 13.1. The van der Waals surface area contributed by atoms with Gasteiger partial charge in [0.2, 0.25) is 0 Å².